The van der Waals surface area contributed by atoms with Gasteiger partial charge in [0.1, 0.15) is 11.6 Å². The van der Waals surface area contributed by atoms with Gasteiger partial charge in [0.2, 0.25) is 0 Å². The van der Waals surface area contributed by atoms with Crippen LogP contribution in [-0.2, 0) is 7.05 Å². The average molecular weight is 298 g/mol. The van der Waals surface area contributed by atoms with Crippen molar-refractivity contribution in [2.24, 2.45) is 7.05 Å². The van der Waals surface area contributed by atoms with Gasteiger partial charge in [0.05, 0.1) is 11.7 Å². The average Bonchev–Trinajstić information content (AvgIpc) is 2.68. The van der Waals surface area contributed by atoms with Crippen LogP contribution in [0.2, 0.25) is 0 Å². The van der Waals surface area contributed by atoms with E-state index in [-0.39, 0.29) is 11.9 Å². The van der Waals surface area contributed by atoms with Crippen molar-refractivity contribution in [2.45, 2.75) is 13.0 Å². The van der Waals surface area contributed by atoms with Gasteiger partial charge >= 0.3 is 0 Å². The highest BCUT2D eigenvalue weighted by Crippen LogP contribution is 2.23. The number of aryl methyl sites for hydroxylation is 1. The first kappa shape index (κ1) is 12.1. The summed E-state index contributed by atoms with van der Waals surface area (Å²) in [5.41, 5.74) is 0.476. The second-order valence-electron chi connectivity index (χ2n) is 3.89. The van der Waals surface area contributed by atoms with Crippen molar-refractivity contribution in [3.8, 4) is 0 Å². The van der Waals surface area contributed by atoms with Gasteiger partial charge in [-0.15, -0.1) is 0 Å². The van der Waals surface area contributed by atoms with Gasteiger partial charge in [-0.3, -0.25) is 0 Å². The fourth-order valence-electron chi connectivity index (χ4n) is 1.70. The Hall–Kier alpha value is -1.36. The van der Waals surface area contributed by atoms with Crippen LogP contribution < -0.4 is 5.32 Å². The molecule has 0 spiro atoms. The molecule has 1 atom stereocenters. The summed E-state index contributed by atoms with van der Waals surface area (Å²) in [6.07, 6.45) is 3.59. The van der Waals surface area contributed by atoms with Crippen LogP contribution in [0.25, 0.3) is 0 Å². The normalized spacial score (nSPS) is 12.5. The molecule has 1 heterocycles. The van der Waals surface area contributed by atoms with Gasteiger partial charge in [0, 0.05) is 23.9 Å². The van der Waals surface area contributed by atoms with Gasteiger partial charge in [-0.05, 0) is 25.1 Å². The molecule has 0 aliphatic rings. The first-order chi connectivity index (χ1) is 8.08. The molecule has 17 heavy (non-hydrogen) atoms. The lowest BCUT2D eigenvalue weighted by atomic mass is 10.2. The Morgan fingerprint density at radius 1 is 1.47 bits per heavy atom. The number of nitrogens with zero attached hydrogens (tertiary/aromatic N) is 2. The van der Waals surface area contributed by atoms with Crippen molar-refractivity contribution in [3.05, 3.63) is 46.7 Å². The van der Waals surface area contributed by atoms with Crippen LogP contribution in [-0.4, -0.2) is 9.55 Å². The molecule has 0 bridgehead atoms. The fourth-order valence-corrected chi connectivity index (χ4v) is 2.03. The van der Waals surface area contributed by atoms with E-state index in [4.69, 9.17) is 0 Å². The Bertz CT molecular complexity index is 524. The quantitative estimate of drug-likeness (QED) is 0.940. The van der Waals surface area contributed by atoms with E-state index >= 15 is 0 Å². The summed E-state index contributed by atoms with van der Waals surface area (Å²) in [5.74, 6) is 0.591. The molecule has 3 nitrogen and oxygen atoms in total. The molecular weight excluding hydrogens is 285 g/mol. The standard InChI is InChI=1S/C12H13BrFN3/c1-8(12-15-5-6-17(12)2)16-11-4-3-9(13)7-10(11)14/h3-8,16H,1-2H3. The summed E-state index contributed by atoms with van der Waals surface area (Å²) >= 11 is 3.23. The minimum atomic E-state index is -0.277. The van der Waals surface area contributed by atoms with E-state index in [0.29, 0.717) is 5.69 Å². The van der Waals surface area contributed by atoms with Crippen LogP contribution in [0.15, 0.2) is 35.1 Å². The molecule has 0 saturated heterocycles. The first-order valence-corrected chi connectivity index (χ1v) is 6.06. The number of hydrogen-bond acceptors (Lipinski definition) is 2. The zero-order valence-corrected chi connectivity index (χ0v) is 11.2. The van der Waals surface area contributed by atoms with Gasteiger partial charge in [-0.25, -0.2) is 9.37 Å². The molecule has 0 aliphatic carbocycles. The maximum Gasteiger partial charge on any atom is 0.147 e. The van der Waals surface area contributed by atoms with Crippen molar-refractivity contribution in [1.29, 1.82) is 0 Å². The Kier molecular flexibility index (Phi) is 3.47. The first-order valence-electron chi connectivity index (χ1n) is 5.26. The van der Waals surface area contributed by atoms with E-state index in [2.05, 4.69) is 26.2 Å². The predicted octanol–water partition coefficient (Wildman–Crippen LogP) is 3.49. The van der Waals surface area contributed by atoms with Crippen molar-refractivity contribution >= 4 is 21.6 Å². The molecule has 0 fully saturated rings. The maximum atomic E-state index is 13.6. The molecule has 0 radical (unpaired) electrons. The van der Waals surface area contributed by atoms with Crippen LogP contribution in [0.1, 0.15) is 18.8 Å². The molecule has 2 aromatic rings. The summed E-state index contributed by atoms with van der Waals surface area (Å²) in [6, 6.07) is 4.90. The highest BCUT2D eigenvalue weighted by Gasteiger charge is 2.12. The molecule has 1 N–H and O–H groups in total. The molecule has 1 unspecified atom stereocenters. The molecular formula is C12H13BrFN3. The Morgan fingerprint density at radius 2 is 2.24 bits per heavy atom. The van der Waals surface area contributed by atoms with E-state index in [1.807, 2.05) is 24.7 Å². The lowest BCUT2D eigenvalue weighted by Crippen LogP contribution is -2.12. The second-order valence-corrected chi connectivity index (χ2v) is 4.80. The summed E-state index contributed by atoms with van der Waals surface area (Å²) in [5, 5.41) is 3.10. The van der Waals surface area contributed by atoms with Gasteiger partial charge in [0.15, 0.2) is 0 Å². The van der Waals surface area contributed by atoms with Crippen LogP contribution in [0.4, 0.5) is 10.1 Å². The lowest BCUT2D eigenvalue weighted by molar-refractivity contribution is 0.623. The van der Waals surface area contributed by atoms with E-state index in [1.165, 1.54) is 6.07 Å². The monoisotopic (exact) mass is 297 g/mol. The minimum Gasteiger partial charge on any atom is -0.373 e. The van der Waals surface area contributed by atoms with Crippen molar-refractivity contribution < 1.29 is 4.39 Å². The number of rotatable bonds is 3. The number of imidazole rings is 1. The van der Waals surface area contributed by atoms with Gasteiger partial charge in [0.25, 0.3) is 0 Å². The van der Waals surface area contributed by atoms with E-state index in [0.717, 1.165) is 10.3 Å². The van der Waals surface area contributed by atoms with Crippen LogP contribution in [0.3, 0.4) is 0 Å². The van der Waals surface area contributed by atoms with Gasteiger partial charge in [-0.1, -0.05) is 15.9 Å². The Morgan fingerprint density at radius 3 is 2.82 bits per heavy atom. The zero-order chi connectivity index (χ0) is 12.4. The molecule has 90 valence electrons. The van der Waals surface area contributed by atoms with Crippen molar-refractivity contribution in [2.75, 3.05) is 5.32 Å². The van der Waals surface area contributed by atoms with E-state index in [9.17, 15) is 4.39 Å². The topological polar surface area (TPSA) is 29.9 Å². The van der Waals surface area contributed by atoms with E-state index in [1.54, 1.807) is 18.3 Å². The third kappa shape index (κ3) is 2.66. The zero-order valence-electron chi connectivity index (χ0n) is 9.61. The molecule has 5 heteroatoms. The van der Waals surface area contributed by atoms with Gasteiger partial charge in [-0.2, -0.15) is 0 Å². The third-order valence-electron chi connectivity index (χ3n) is 2.55. The minimum absolute atomic E-state index is 0.0503. The highest BCUT2D eigenvalue weighted by atomic mass is 79.9. The number of aromatic nitrogens is 2. The third-order valence-corrected chi connectivity index (χ3v) is 3.04. The molecule has 1 aromatic carbocycles. The van der Waals surface area contributed by atoms with Crippen molar-refractivity contribution in [1.82, 2.24) is 9.55 Å². The number of anilines is 1. The van der Waals surface area contributed by atoms with Crippen LogP contribution in [0.5, 0.6) is 0 Å². The second kappa shape index (κ2) is 4.87. The highest BCUT2D eigenvalue weighted by molar-refractivity contribution is 9.10. The summed E-state index contributed by atoms with van der Waals surface area (Å²) in [4.78, 5) is 4.23. The fraction of sp³-hybridized carbons (Fsp3) is 0.250. The summed E-state index contributed by atoms with van der Waals surface area (Å²) < 4.78 is 16.3. The van der Waals surface area contributed by atoms with Crippen molar-refractivity contribution in [3.63, 3.8) is 0 Å². The predicted molar refractivity (Wildman–Crippen MR) is 69.3 cm³/mol. The molecule has 0 saturated carbocycles. The smallest absolute Gasteiger partial charge is 0.147 e. The number of halogens is 2. The Labute approximate surface area is 108 Å². The lowest BCUT2D eigenvalue weighted by Gasteiger charge is -2.15. The number of benzene rings is 1. The SMILES string of the molecule is CC(Nc1ccc(Br)cc1F)c1nccn1C. The number of nitrogens with one attached hydrogen (secondary N) is 1. The van der Waals surface area contributed by atoms with Crippen LogP contribution in [0, 0.1) is 5.82 Å². The molecule has 0 aliphatic heterocycles. The maximum absolute atomic E-state index is 13.6. The molecule has 0 amide bonds. The largest absolute Gasteiger partial charge is 0.373 e. The van der Waals surface area contributed by atoms with E-state index < -0.39 is 0 Å². The summed E-state index contributed by atoms with van der Waals surface area (Å²) in [6.45, 7) is 1.95. The van der Waals surface area contributed by atoms with Gasteiger partial charge < -0.3 is 9.88 Å². The summed E-state index contributed by atoms with van der Waals surface area (Å²) in [7, 11) is 1.92. The molecule has 1 aromatic heterocycles. The molecule has 2 rings (SSSR count). The Balaban J connectivity index is 2.19. The number of hydrogen-bond donors (Lipinski definition) is 1. The van der Waals surface area contributed by atoms with Crippen LogP contribution >= 0.6 is 15.9 Å².